The third-order valence-electron chi connectivity index (χ3n) is 10.8. The summed E-state index contributed by atoms with van der Waals surface area (Å²) in [7, 11) is -1.46. The molecule has 0 fully saturated rings. The Kier molecular flexibility index (Phi) is 12.7. The van der Waals surface area contributed by atoms with Crippen LogP contribution in [0.4, 0.5) is 0 Å². The second-order valence-electron chi connectivity index (χ2n) is 15.3. The molecule has 8 aromatic carbocycles. The van der Waals surface area contributed by atoms with E-state index in [4.69, 9.17) is 68.6 Å². The van der Waals surface area contributed by atoms with Gasteiger partial charge in [-0.15, -0.1) is 0 Å². The molecule has 68 heavy (non-hydrogen) atoms. The summed E-state index contributed by atoms with van der Waals surface area (Å²) in [5, 5.41) is 23.7. The number of nitrogens with zero attached hydrogens (tertiary/aromatic N) is 6. The lowest BCUT2D eigenvalue weighted by atomic mass is 9.80. The van der Waals surface area contributed by atoms with E-state index in [-0.39, 0.29) is 5.28 Å². The Bertz CT molecular complexity index is 3740. The van der Waals surface area contributed by atoms with E-state index in [1.54, 1.807) is 24.3 Å². The van der Waals surface area contributed by atoms with Crippen LogP contribution in [0.25, 0.3) is 101 Å². The van der Waals surface area contributed by atoms with Crippen molar-refractivity contribution in [1.29, 1.82) is 0 Å². The van der Waals surface area contributed by atoms with Crippen LogP contribution >= 0.6 is 34.8 Å². The summed E-state index contributed by atoms with van der Waals surface area (Å²) in [6, 6.07) is 61.4. The van der Waals surface area contributed by atoms with Crippen molar-refractivity contribution >= 4 is 91.3 Å². The molecule has 0 atom stereocenters. The molecule has 14 heteroatoms. The third kappa shape index (κ3) is 9.70. The molecule has 0 spiro atoms. The van der Waals surface area contributed by atoms with Gasteiger partial charge in [0.15, 0.2) is 29.1 Å². The quantitative estimate of drug-likeness (QED) is 0.155. The molecular weight excluding hydrogens is 914 g/mol. The Morgan fingerprint density at radius 2 is 0.706 bits per heavy atom. The fourth-order valence-electron chi connectivity index (χ4n) is 7.57. The van der Waals surface area contributed by atoms with Crippen LogP contribution in [0.5, 0.6) is 0 Å². The van der Waals surface area contributed by atoms with Crippen LogP contribution in [-0.4, -0.2) is 47.1 Å². The Morgan fingerprint density at radius 1 is 0.324 bits per heavy atom. The van der Waals surface area contributed by atoms with E-state index in [9.17, 15) is 0 Å². The molecule has 2 N–H and O–H groups in total. The number of hydrogen-bond donors (Lipinski definition) is 2. The molecule has 0 amide bonds. The molecule has 0 radical (unpaired) electrons. The molecule has 0 saturated heterocycles. The molecule has 0 unspecified atom stereocenters. The SMILES string of the molecule is Clc1cccc(-c2nc(-c3ccccc3)nc(-c3ccc4c(c3)oc3ccccc34)n2)c1.Clc1cccc(-c2nc(Cl)nc(-c3ccccc3)n2)c1.OB(O)c1ccc2c(c1)oc1ccccc12. The molecule has 4 heterocycles. The maximum atomic E-state index is 9.07. The van der Waals surface area contributed by atoms with Crippen molar-refractivity contribution in [3.63, 3.8) is 0 Å². The maximum Gasteiger partial charge on any atom is 0.488 e. The van der Waals surface area contributed by atoms with Crippen LogP contribution in [0.15, 0.2) is 203 Å². The van der Waals surface area contributed by atoms with Crippen LogP contribution < -0.4 is 5.46 Å². The second kappa shape index (κ2) is 19.6. The zero-order chi connectivity index (χ0) is 46.6. The lowest BCUT2D eigenvalue weighted by molar-refractivity contribution is 0.425. The molecule has 10 nitrogen and oxygen atoms in total. The van der Waals surface area contributed by atoms with Gasteiger partial charge in [-0.05, 0) is 71.7 Å². The standard InChI is InChI=1S/C27H16ClN3O.C15H9Cl2N3.C12H9BO3/c28-20-10-6-9-18(15-20)26-29-25(17-7-2-1-3-8-17)30-27(31-26)19-13-14-22-21-11-4-5-12-23(21)32-24(22)16-19;16-12-8-4-7-11(9-12)14-18-13(19-15(17)20-14)10-5-2-1-3-6-10;14-13(15)8-5-6-10-9-3-1-2-4-11(9)16-12(10)7-8/h1-16H;1-9H;1-7,14-15H. The largest absolute Gasteiger partial charge is 0.488 e. The average molecular weight is 948 g/mol. The van der Waals surface area contributed by atoms with Gasteiger partial charge in [-0.25, -0.2) is 19.9 Å². The van der Waals surface area contributed by atoms with Gasteiger partial charge in [0.05, 0.1) is 0 Å². The summed E-state index contributed by atoms with van der Waals surface area (Å²) in [5.74, 6) is 2.81. The lowest BCUT2D eigenvalue weighted by Gasteiger charge is -2.08. The van der Waals surface area contributed by atoms with Gasteiger partial charge >= 0.3 is 7.12 Å². The summed E-state index contributed by atoms with van der Waals surface area (Å²) >= 11 is 18.2. The van der Waals surface area contributed by atoms with E-state index in [1.165, 1.54) is 0 Å². The summed E-state index contributed by atoms with van der Waals surface area (Å²) in [6.07, 6.45) is 0. The van der Waals surface area contributed by atoms with Crippen molar-refractivity contribution in [3.8, 4) is 56.9 Å². The molecule has 0 saturated carbocycles. The minimum absolute atomic E-state index is 0.161. The highest BCUT2D eigenvalue weighted by Gasteiger charge is 2.16. The van der Waals surface area contributed by atoms with Crippen LogP contribution in [-0.2, 0) is 0 Å². The van der Waals surface area contributed by atoms with E-state index < -0.39 is 7.12 Å². The van der Waals surface area contributed by atoms with E-state index in [1.807, 2.05) is 158 Å². The first kappa shape index (κ1) is 44.1. The average Bonchev–Trinajstić information content (AvgIpc) is 3.95. The van der Waals surface area contributed by atoms with Gasteiger partial charge in [-0.1, -0.05) is 163 Å². The molecule has 0 aliphatic heterocycles. The topological polar surface area (TPSA) is 144 Å². The molecule has 4 aromatic heterocycles. The van der Waals surface area contributed by atoms with Crippen molar-refractivity contribution in [2.45, 2.75) is 0 Å². The number of furan rings is 2. The van der Waals surface area contributed by atoms with Crippen LogP contribution in [0, 0.1) is 0 Å². The minimum atomic E-state index is -1.46. The van der Waals surface area contributed by atoms with Crippen molar-refractivity contribution in [2.24, 2.45) is 0 Å². The van der Waals surface area contributed by atoms with E-state index >= 15 is 0 Å². The molecule has 328 valence electrons. The lowest BCUT2D eigenvalue weighted by Crippen LogP contribution is -2.29. The van der Waals surface area contributed by atoms with Gasteiger partial charge in [-0.3, -0.25) is 0 Å². The third-order valence-corrected chi connectivity index (χ3v) is 11.5. The fourth-order valence-corrected chi connectivity index (χ4v) is 8.11. The Hall–Kier alpha value is -7.77. The van der Waals surface area contributed by atoms with Crippen molar-refractivity contribution in [2.75, 3.05) is 0 Å². The molecule has 0 bridgehead atoms. The zero-order valence-corrected chi connectivity index (χ0v) is 37.8. The maximum absolute atomic E-state index is 9.07. The predicted molar refractivity (Wildman–Crippen MR) is 273 cm³/mol. The van der Waals surface area contributed by atoms with Gasteiger partial charge in [-0.2, -0.15) is 9.97 Å². The Morgan fingerprint density at radius 3 is 1.21 bits per heavy atom. The molecular formula is C54H34BCl3N6O4. The first-order valence-electron chi connectivity index (χ1n) is 21.2. The predicted octanol–water partition coefficient (Wildman–Crippen LogP) is 13.2. The van der Waals surface area contributed by atoms with E-state index in [0.29, 0.717) is 50.2 Å². The van der Waals surface area contributed by atoms with Gasteiger partial charge in [0.1, 0.15) is 22.3 Å². The fraction of sp³-hybridized carbons (Fsp3) is 0. The van der Waals surface area contributed by atoms with Gasteiger partial charge in [0.2, 0.25) is 5.28 Å². The summed E-state index contributed by atoms with van der Waals surface area (Å²) in [4.78, 5) is 27.1. The molecule has 0 aliphatic carbocycles. The highest BCUT2D eigenvalue weighted by Crippen LogP contribution is 2.33. The first-order chi connectivity index (χ1) is 33.2. The second-order valence-corrected chi connectivity index (χ2v) is 16.6. The number of halogens is 3. The van der Waals surface area contributed by atoms with Crippen LogP contribution in [0.1, 0.15) is 0 Å². The minimum Gasteiger partial charge on any atom is -0.456 e. The van der Waals surface area contributed by atoms with Crippen LogP contribution in [0.3, 0.4) is 0 Å². The van der Waals surface area contributed by atoms with E-state index in [0.717, 1.165) is 66.1 Å². The number of benzene rings is 8. The summed E-state index contributed by atoms with van der Waals surface area (Å²) in [5.41, 5.74) is 7.89. The van der Waals surface area contributed by atoms with Gasteiger partial charge in [0, 0.05) is 59.4 Å². The Labute approximate surface area is 404 Å². The van der Waals surface area contributed by atoms with Crippen LogP contribution in [0.2, 0.25) is 15.3 Å². The van der Waals surface area contributed by atoms with Crippen molar-refractivity contribution in [3.05, 3.63) is 209 Å². The first-order valence-corrected chi connectivity index (χ1v) is 22.4. The summed E-state index contributed by atoms with van der Waals surface area (Å²) in [6.45, 7) is 0. The Balaban J connectivity index is 0.000000128. The van der Waals surface area contributed by atoms with E-state index in [2.05, 4.69) is 27.1 Å². The number of rotatable bonds is 6. The molecule has 12 rings (SSSR count). The number of hydrogen-bond acceptors (Lipinski definition) is 10. The monoisotopic (exact) mass is 946 g/mol. The molecule has 12 aromatic rings. The normalized spacial score (nSPS) is 11.0. The smallest absolute Gasteiger partial charge is 0.456 e. The summed E-state index contributed by atoms with van der Waals surface area (Å²) < 4.78 is 11.7. The molecule has 0 aliphatic rings. The van der Waals surface area contributed by atoms with Gasteiger partial charge < -0.3 is 18.9 Å². The number of aromatic nitrogens is 6. The zero-order valence-electron chi connectivity index (χ0n) is 35.6. The number of fused-ring (bicyclic) bond motifs is 6. The van der Waals surface area contributed by atoms with Crippen molar-refractivity contribution < 1.29 is 18.9 Å². The highest BCUT2D eigenvalue weighted by atomic mass is 35.5. The van der Waals surface area contributed by atoms with Gasteiger partial charge in [0.25, 0.3) is 0 Å². The van der Waals surface area contributed by atoms with Crippen molar-refractivity contribution in [1.82, 2.24) is 29.9 Å². The number of para-hydroxylation sites is 2. The highest BCUT2D eigenvalue weighted by molar-refractivity contribution is 6.59.